The summed E-state index contributed by atoms with van der Waals surface area (Å²) in [6.07, 6.45) is -5.45. The molecule has 0 saturated carbocycles. The molecule has 0 saturated heterocycles. The summed E-state index contributed by atoms with van der Waals surface area (Å²) in [5.74, 6) is -3.15. The van der Waals surface area contributed by atoms with Gasteiger partial charge in [-0.2, -0.15) is 0 Å². The lowest BCUT2D eigenvalue weighted by Gasteiger charge is -2.15. The summed E-state index contributed by atoms with van der Waals surface area (Å²) in [7, 11) is 0. The number of carbonyl (C=O) groups excluding carboxylic acids is 1. The fraction of sp³-hybridized carbons (Fsp3) is 0.304. The smallest absolute Gasteiger partial charge is 0.479 e. The first kappa shape index (κ1) is 24.1. The van der Waals surface area contributed by atoms with Crippen LogP contribution in [0.3, 0.4) is 0 Å². The molecule has 3 aromatic rings. The number of fused-ring (bicyclic) bond motifs is 1. The van der Waals surface area contributed by atoms with Gasteiger partial charge in [0.2, 0.25) is 0 Å². The van der Waals surface area contributed by atoms with Gasteiger partial charge in [0.25, 0.3) is 0 Å². The van der Waals surface area contributed by atoms with Gasteiger partial charge >= 0.3 is 12.3 Å². The van der Waals surface area contributed by atoms with Crippen molar-refractivity contribution in [1.82, 2.24) is 4.57 Å². The fourth-order valence-electron chi connectivity index (χ4n) is 3.59. The van der Waals surface area contributed by atoms with Crippen LogP contribution in [0.5, 0.6) is 11.5 Å². The molecule has 0 aliphatic carbocycles. The molecule has 0 spiro atoms. The third-order valence-corrected chi connectivity index (χ3v) is 4.99. The van der Waals surface area contributed by atoms with Crippen LogP contribution in [0.25, 0.3) is 16.6 Å². The van der Waals surface area contributed by atoms with E-state index in [2.05, 4.69) is 4.74 Å². The highest BCUT2D eigenvalue weighted by atomic mass is 19.4. The second kappa shape index (κ2) is 9.13. The number of alkyl halides is 3. The number of nitrogens with zero attached hydrogens (tertiary/aromatic N) is 1. The summed E-state index contributed by atoms with van der Waals surface area (Å²) in [5.41, 5.74) is 1.26. The molecule has 6 nitrogen and oxygen atoms in total. The predicted octanol–water partition coefficient (Wildman–Crippen LogP) is 5.81. The number of rotatable bonds is 8. The summed E-state index contributed by atoms with van der Waals surface area (Å²) in [6.45, 7) is 4.68. The minimum Gasteiger partial charge on any atom is -0.479 e. The van der Waals surface area contributed by atoms with Crippen LogP contribution >= 0.6 is 0 Å². The number of aliphatic carboxylic acids is 1. The first-order valence-electron chi connectivity index (χ1n) is 10.1. The lowest BCUT2D eigenvalue weighted by Crippen LogP contribution is -2.23. The molecule has 1 aromatic heterocycles. The Hall–Kier alpha value is -3.56. The molecule has 176 valence electrons. The molecule has 10 heteroatoms. The molecule has 0 radical (unpaired) electrons. The van der Waals surface area contributed by atoms with Gasteiger partial charge in [0, 0.05) is 40.9 Å². The van der Waals surface area contributed by atoms with Crippen molar-refractivity contribution in [2.45, 2.75) is 46.1 Å². The van der Waals surface area contributed by atoms with E-state index in [9.17, 15) is 27.2 Å². The van der Waals surface area contributed by atoms with Crippen molar-refractivity contribution in [2.75, 3.05) is 0 Å². The lowest BCUT2D eigenvalue weighted by atomic mass is 10.0. The van der Waals surface area contributed by atoms with Crippen LogP contribution < -0.4 is 9.47 Å². The Morgan fingerprint density at radius 1 is 1.15 bits per heavy atom. The highest BCUT2D eigenvalue weighted by Gasteiger charge is 2.32. The predicted molar refractivity (Wildman–Crippen MR) is 112 cm³/mol. The van der Waals surface area contributed by atoms with Crippen LogP contribution in [0.2, 0.25) is 0 Å². The third kappa shape index (κ3) is 5.10. The molecule has 33 heavy (non-hydrogen) atoms. The minimum absolute atomic E-state index is 0.193. The van der Waals surface area contributed by atoms with E-state index < -0.39 is 30.0 Å². The number of benzene rings is 2. The maximum atomic E-state index is 14.3. The number of carboxylic acids is 1. The summed E-state index contributed by atoms with van der Waals surface area (Å²) in [6, 6.07) is 7.26. The van der Waals surface area contributed by atoms with E-state index in [-0.39, 0.29) is 29.2 Å². The molecule has 0 fully saturated rings. The van der Waals surface area contributed by atoms with E-state index in [1.54, 1.807) is 6.92 Å². The lowest BCUT2D eigenvalue weighted by molar-refractivity contribution is -0.274. The van der Waals surface area contributed by atoms with Crippen LogP contribution in [0.1, 0.15) is 42.7 Å². The maximum absolute atomic E-state index is 14.3. The second-order valence-electron chi connectivity index (χ2n) is 7.41. The molecule has 3 rings (SSSR count). The van der Waals surface area contributed by atoms with Gasteiger partial charge in [-0.1, -0.05) is 6.92 Å². The van der Waals surface area contributed by atoms with E-state index >= 15 is 0 Å². The van der Waals surface area contributed by atoms with Crippen molar-refractivity contribution in [3.05, 3.63) is 53.5 Å². The van der Waals surface area contributed by atoms with Gasteiger partial charge in [-0.25, -0.2) is 9.18 Å². The van der Waals surface area contributed by atoms with Crippen LogP contribution in [-0.4, -0.2) is 33.9 Å². The molecule has 0 aliphatic heterocycles. The number of carbonyl (C=O) groups is 2. The average Bonchev–Trinajstić information content (AvgIpc) is 2.99. The molecule has 1 heterocycles. The average molecular weight is 467 g/mol. The van der Waals surface area contributed by atoms with E-state index in [4.69, 9.17) is 9.84 Å². The Kier molecular flexibility index (Phi) is 6.66. The molecular weight excluding hydrogens is 446 g/mol. The molecule has 2 aromatic carbocycles. The van der Waals surface area contributed by atoms with Crippen LogP contribution in [-0.2, 0) is 4.79 Å². The van der Waals surface area contributed by atoms with Crippen molar-refractivity contribution >= 4 is 22.7 Å². The summed E-state index contributed by atoms with van der Waals surface area (Å²) in [4.78, 5) is 23.9. The third-order valence-electron chi connectivity index (χ3n) is 4.99. The number of Topliss-reactive ketones (excluding diaryl/α,β-unsaturated/α-hetero) is 1. The summed E-state index contributed by atoms with van der Waals surface area (Å²) >= 11 is 0. The van der Waals surface area contributed by atoms with Crippen LogP contribution in [0.4, 0.5) is 17.6 Å². The Bertz CT molecular complexity index is 1220. The van der Waals surface area contributed by atoms with Crippen molar-refractivity contribution in [1.29, 1.82) is 0 Å². The number of ether oxygens (including phenoxy) is 2. The number of ketones is 1. The van der Waals surface area contributed by atoms with Crippen LogP contribution in [0, 0.1) is 12.7 Å². The largest absolute Gasteiger partial charge is 0.573 e. The summed E-state index contributed by atoms with van der Waals surface area (Å²) < 4.78 is 63.3. The minimum atomic E-state index is -4.91. The molecular formula is C23H21F4NO5. The molecule has 0 aliphatic rings. The number of halogens is 4. The van der Waals surface area contributed by atoms with E-state index in [1.165, 1.54) is 29.7 Å². The topological polar surface area (TPSA) is 77.8 Å². The van der Waals surface area contributed by atoms with Crippen molar-refractivity contribution in [3.8, 4) is 17.2 Å². The first-order chi connectivity index (χ1) is 15.4. The highest BCUT2D eigenvalue weighted by molar-refractivity contribution is 6.10. The zero-order valence-corrected chi connectivity index (χ0v) is 18.0. The second-order valence-corrected chi connectivity index (χ2v) is 7.41. The fourth-order valence-corrected chi connectivity index (χ4v) is 3.59. The molecule has 0 bridgehead atoms. The van der Waals surface area contributed by atoms with Gasteiger partial charge < -0.3 is 19.1 Å². The van der Waals surface area contributed by atoms with E-state index in [0.717, 1.165) is 18.2 Å². The molecule has 1 N–H and O–H groups in total. The van der Waals surface area contributed by atoms with Gasteiger partial charge in [0.05, 0.1) is 5.52 Å². The zero-order chi connectivity index (χ0) is 24.5. The maximum Gasteiger partial charge on any atom is 0.573 e. The van der Waals surface area contributed by atoms with Gasteiger partial charge in [-0.15, -0.1) is 13.2 Å². The van der Waals surface area contributed by atoms with E-state index in [1.807, 2.05) is 6.92 Å². The number of carboxylic acid groups (broad SMARTS) is 1. The van der Waals surface area contributed by atoms with Crippen LogP contribution in [0.15, 0.2) is 36.4 Å². The van der Waals surface area contributed by atoms with Crippen molar-refractivity contribution in [3.63, 3.8) is 0 Å². The monoisotopic (exact) mass is 467 g/mol. The van der Waals surface area contributed by atoms with Gasteiger partial charge in [0.15, 0.2) is 23.5 Å². The number of hydrogen-bond donors (Lipinski definition) is 1. The number of aromatic nitrogens is 1. The first-order valence-corrected chi connectivity index (χ1v) is 10.1. The van der Waals surface area contributed by atoms with Gasteiger partial charge in [-0.05, 0) is 44.5 Å². The van der Waals surface area contributed by atoms with Crippen molar-refractivity contribution in [2.24, 2.45) is 0 Å². The molecule has 1 atom stereocenters. The SMILES string of the molecule is CCCC(=O)c1c(C)n(-c2ccc(F)c(O[C@@H](C)C(=O)O)c2)c2cc(OC(F)(F)F)ccc12. The Labute approximate surface area is 186 Å². The number of hydrogen-bond acceptors (Lipinski definition) is 4. The molecule has 0 unspecified atom stereocenters. The molecule has 0 amide bonds. The Balaban J connectivity index is 2.24. The highest BCUT2D eigenvalue weighted by Crippen LogP contribution is 2.35. The zero-order valence-electron chi connectivity index (χ0n) is 18.0. The Morgan fingerprint density at radius 3 is 2.45 bits per heavy atom. The summed E-state index contributed by atoms with van der Waals surface area (Å²) in [5, 5.41) is 9.46. The quantitative estimate of drug-likeness (QED) is 0.334. The standard InChI is InChI=1S/C23H21F4NO5/c1-4-5-19(29)21-12(2)28(18-11-15(7-8-16(18)21)33-23(25,26)27)14-6-9-17(24)20(10-14)32-13(3)22(30)31/h6-11,13H,4-5H2,1-3H3,(H,30,31)/t13-/m0/s1. The van der Waals surface area contributed by atoms with Gasteiger partial charge in [0.1, 0.15) is 5.75 Å². The Morgan fingerprint density at radius 2 is 1.85 bits per heavy atom. The normalized spacial score (nSPS) is 12.6. The van der Waals surface area contributed by atoms with E-state index in [0.29, 0.717) is 23.1 Å². The van der Waals surface area contributed by atoms with Gasteiger partial charge in [-0.3, -0.25) is 4.79 Å². The van der Waals surface area contributed by atoms with Crippen molar-refractivity contribution < 1.29 is 41.7 Å².